The average molecular weight is 256 g/mol. The quantitative estimate of drug-likeness (QED) is 0.591. The van der Waals surface area contributed by atoms with Crippen LogP contribution in [0.1, 0.15) is 0 Å². The molecular formula is C10H20N6O2. The second-order valence-corrected chi connectivity index (χ2v) is 3.95. The number of carbonyl (C=O) groups is 1. The Morgan fingerprint density at radius 3 is 3.00 bits per heavy atom. The molecule has 1 amide bonds. The first-order valence-electron chi connectivity index (χ1n) is 5.71. The van der Waals surface area contributed by atoms with Gasteiger partial charge in [-0.25, -0.2) is 9.67 Å². The lowest BCUT2D eigenvalue weighted by Gasteiger charge is -2.16. The molecule has 1 aromatic heterocycles. The van der Waals surface area contributed by atoms with Crippen LogP contribution in [0.2, 0.25) is 0 Å². The van der Waals surface area contributed by atoms with Crippen LogP contribution in [0, 0.1) is 0 Å². The van der Waals surface area contributed by atoms with E-state index in [2.05, 4.69) is 20.3 Å². The Hall–Kier alpha value is -1.67. The highest BCUT2D eigenvalue weighted by Gasteiger charge is 2.04. The third-order valence-electron chi connectivity index (χ3n) is 2.35. The van der Waals surface area contributed by atoms with E-state index in [4.69, 9.17) is 10.5 Å². The van der Waals surface area contributed by atoms with Gasteiger partial charge >= 0.3 is 0 Å². The number of nitrogen functional groups attached to an aromatic ring is 1. The molecule has 1 aromatic rings. The van der Waals surface area contributed by atoms with E-state index in [1.54, 1.807) is 7.11 Å². The van der Waals surface area contributed by atoms with Crippen molar-refractivity contribution in [1.29, 1.82) is 0 Å². The Balaban J connectivity index is 2.13. The molecule has 0 fully saturated rings. The van der Waals surface area contributed by atoms with Gasteiger partial charge in [-0.05, 0) is 7.05 Å². The molecule has 0 saturated carbocycles. The van der Waals surface area contributed by atoms with Crippen LogP contribution >= 0.6 is 0 Å². The maximum Gasteiger partial charge on any atom is 0.241 e. The summed E-state index contributed by atoms with van der Waals surface area (Å²) in [6.07, 6.45) is 1.43. The van der Waals surface area contributed by atoms with E-state index < -0.39 is 0 Å². The molecule has 0 aromatic carbocycles. The molecule has 102 valence electrons. The average Bonchev–Trinajstić information content (AvgIpc) is 2.72. The molecular weight excluding hydrogens is 236 g/mol. The number of carbonyl (C=O) groups excluding carboxylic acids is 1. The first kappa shape index (κ1) is 14.4. The Morgan fingerprint density at radius 1 is 1.61 bits per heavy atom. The fraction of sp³-hybridized carbons (Fsp3) is 0.700. The lowest BCUT2D eigenvalue weighted by molar-refractivity contribution is -0.121. The minimum Gasteiger partial charge on any atom is -0.383 e. The third-order valence-corrected chi connectivity index (χ3v) is 2.35. The number of aromatic nitrogens is 3. The number of likely N-dealkylation sites (N-methyl/N-ethyl adjacent to an activating group) is 1. The number of nitrogens with one attached hydrogen (secondary N) is 1. The van der Waals surface area contributed by atoms with E-state index in [0.29, 0.717) is 13.2 Å². The molecule has 8 nitrogen and oxygen atoms in total. The molecule has 18 heavy (non-hydrogen) atoms. The van der Waals surface area contributed by atoms with Gasteiger partial charge in [0.15, 0.2) is 0 Å². The molecule has 3 N–H and O–H groups in total. The molecule has 0 aliphatic carbocycles. The summed E-state index contributed by atoms with van der Waals surface area (Å²) < 4.78 is 6.36. The molecule has 1 rings (SSSR count). The number of nitrogens with zero attached hydrogens (tertiary/aromatic N) is 4. The summed E-state index contributed by atoms with van der Waals surface area (Å²) in [5.41, 5.74) is 5.35. The first-order valence-corrected chi connectivity index (χ1v) is 5.71. The standard InChI is InChI=1S/C10H20N6O2/c1-15(5-6-18-2)4-3-12-9(17)7-16-8-13-10(11)14-16/h8H,3-7H2,1-2H3,(H2,11,14)(H,12,17). The lowest BCUT2D eigenvalue weighted by Crippen LogP contribution is -2.36. The molecule has 0 bridgehead atoms. The van der Waals surface area contributed by atoms with Crippen molar-refractivity contribution < 1.29 is 9.53 Å². The molecule has 0 aliphatic rings. The summed E-state index contributed by atoms with van der Waals surface area (Å²) in [4.78, 5) is 17.4. The summed E-state index contributed by atoms with van der Waals surface area (Å²) in [6.45, 7) is 3.01. The largest absolute Gasteiger partial charge is 0.383 e. The van der Waals surface area contributed by atoms with Gasteiger partial charge in [-0.3, -0.25) is 4.79 Å². The lowest BCUT2D eigenvalue weighted by atomic mass is 10.5. The summed E-state index contributed by atoms with van der Waals surface area (Å²) in [6, 6.07) is 0. The van der Waals surface area contributed by atoms with Crippen LogP contribution in [0.25, 0.3) is 0 Å². The molecule has 0 saturated heterocycles. The van der Waals surface area contributed by atoms with Gasteiger partial charge in [0.25, 0.3) is 0 Å². The van der Waals surface area contributed by atoms with Crippen LogP contribution in [0.4, 0.5) is 5.95 Å². The first-order chi connectivity index (χ1) is 8.61. The minimum absolute atomic E-state index is 0.111. The molecule has 8 heteroatoms. The Labute approximate surface area is 106 Å². The SMILES string of the molecule is COCCN(C)CCNC(=O)Cn1cnc(N)n1. The van der Waals surface area contributed by atoms with Crippen molar-refractivity contribution in [3.05, 3.63) is 6.33 Å². The van der Waals surface area contributed by atoms with Crippen molar-refractivity contribution in [3.63, 3.8) is 0 Å². The highest BCUT2D eigenvalue weighted by atomic mass is 16.5. The number of hydrogen-bond donors (Lipinski definition) is 2. The molecule has 0 atom stereocenters. The number of ether oxygens (including phenoxy) is 1. The van der Waals surface area contributed by atoms with Crippen LogP contribution < -0.4 is 11.1 Å². The summed E-state index contributed by atoms with van der Waals surface area (Å²) in [5.74, 6) is 0.0575. The van der Waals surface area contributed by atoms with Gasteiger partial charge in [0.2, 0.25) is 11.9 Å². The number of nitrogens with two attached hydrogens (primary N) is 1. The van der Waals surface area contributed by atoms with Gasteiger partial charge < -0.3 is 20.7 Å². The summed E-state index contributed by atoms with van der Waals surface area (Å²) in [7, 11) is 3.64. The van der Waals surface area contributed by atoms with E-state index in [1.165, 1.54) is 11.0 Å². The van der Waals surface area contributed by atoms with Gasteiger partial charge in [0.05, 0.1) is 6.61 Å². The van der Waals surface area contributed by atoms with Gasteiger partial charge in [-0.1, -0.05) is 0 Å². The topological polar surface area (TPSA) is 98.3 Å². The minimum atomic E-state index is -0.111. The van der Waals surface area contributed by atoms with Gasteiger partial charge in [0.1, 0.15) is 12.9 Å². The maximum absolute atomic E-state index is 11.5. The fourth-order valence-electron chi connectivity index (χ4n) is 1.33. The molecule has 1 heterocycles. The van der Waals surface area contributed by atoms with Gasteiger partial charge in [0, 0.05) is 26.7 Å². The zero-order valence-corrected chi connectivity index (χ0v) is 10.8. The van der Waals surface area contributed by atoms with Crippen LogP contribution in [0.15, 0.2) is 6.33 Å². The van der Waals surface area contributed by atoms with Crippen molar-refractivity contribution in [3.8, 4) is 0 Å². The van der Waals surface area contributed by atoms with Crippen molar-refractivity contribution >= 4 is 11.9 Å². The Morgan fingerprint density at radius 2 is 2.39 bits per heavy atom. The number of rotatable bonds is 8. The van der Waals surface area contributed by atoms with Crippen molar-refractivity contribution in [2.75, 3.05) is 46.1 Å². The normalized spacial score (nSPS) is 10.8. The summed E-state index contributed by atoms with van der Waals surface area (Å²) >= 11 is 0. The van der Waals surface area contributed by atoms with Crippen LogP contribution in [0.5, 0.6) is 0 Å². The maximum atomic E-state index is 11.5. The number of anilines is 1. The monoisotopic (exact) mass is 256 g/mol. The predicted octanol–water partition coefficient (Wildman–Crippen LogP) is -1.45. The fourth-order valence-corrected chi connectivity index (χ4v) is 1.33. The van der Waals surface area contributed by atoms with Crippen molar-refractivity contribution in [1.82, 2.24) is 25.0 Å². The predicted molar refractivity (Wildman–Crippen MR) is 66.8 cm³/mol. The van der Waals surface area contributed by atoms with Crippen molar-refractivity contribution in [2.24, 2.45) is 0 Å². The number of hydrogen-bond acceptors (Lipinski definition) is 6. The van der Waals surface area contributed by atoms with E-state index in [0.717, 1.165) is 13.1 Å². The van der Waals surface area contributed by atoms with Crippen LogP contribution in [-0.2, 0) is 16.1 Å². The van der Waals surface area contributed by atoms with Gasteiger partial charge in [-0.15, -0.1) is 5.10 Å². The Kier molecular flexibility index (Phi) is 6.09. The van der Waals surface area contributed by atoms with E-state index in [1.807, 2.05) is 7.05 Å². The Bertz CT molecular complexity index is 367. The van der Waals surface area contributed by atoms with Crippen LogP contribution in [0.3, 0.4) is 0 Å². The van der Waals surface area contributed by atoms with E-state index in [9.17, 15) is 4.79 Å². The van der Waals surface area contributed by atoms with Crippen molar-refractivity contribution in [2.45, 2.75) is 6.54 Å². The zero-order valence-electron chi connectivity index (χ0n) is 10.8. The van der Waals surface area contributed by atoms with E-state index >= 15 is 0 Å². The number of amides is 1. The molecule has 0 radical (unpaired) electrons. The number of methoxy groups -OCH3 is 1. The highest BCUT2D eigenvalue weighted by Crippen LogP contribution is 1.89. The highest BCUT2D eigenvalue weighted by molar-refractivity contribution is 5.75. The third kappa shape index (κ3) is 5.60. The van der Waals surface area contributed by atoms with Gasteiger partial charge in [-0.2, -0.15) is 0 Å². The van der Waals surface area contributed by atoms with E-state index in [-0.39, 0.29) is 18.4 Å². The zero-order chi connectivity index (χ0) is 13.4. The molecule has 0 spiro atoms. The summed E-state index contributed by atoms with van der Waals surface area (Å²) in [5, 5.41) is 6.63. The molecule has 0 aliphatic heterocycles. The second-order valence-electron chi connectivity index (χ2n) is 3.95. The smallest absolute Gasteiger partial charge is 0.241 e. The second kappa shape index (κ2) is 7.62. The molecule has 0 unspecified atom stereocenters. The van der Waals surface area contributed by atoms with Crippen LogP contribution in [-0.4, -0.2) is 66.0 Å².